The van der Waals surface area contributed by atoms with Crippen LogP contribution in [0.2, 0.25) is 5.02 Å². The number of hydrogen-bond acceptors (Lipinski definition) is 6. The van der Waals surface area contributed by atoms with Crippen molar-refractivity contribution >= 4 is 23.2 Å². The van der Waals surface area contributed by atoms with Crippen LogP contribution in [0.5, 0.6) is 5.75 Å². The van der Waals surface area contributed by atoms with E-state index in [9.17, 15) is 4.79 Å². The third-order valence-corrected chi connectivity index (χ3v) is 7.97. The number of nitrogens with one attached hydrogen (secondary N) is 1. The van der Waals surface area contributed by atoms with Crippen LogP contribution < -0.4 is 15.0 Å². The van der Waals surface area contributed by atoms with E-state index in [1.165, 1.54) is 16.8 Å². The smallest absolute Gasteiger partial charge is 0.225 e. The molecule has 36 heavy (non-hydrogen) atoms. The lowest BCUT2D eigenvalue weighted by molar-refractivity contribution is -0.126. The highest BCUT2D eigenvalue weighted by Crippen LogP contribution is 2.38. The lowest BCUT2D eigenvalue weighted by atomic mass is 9.83. The molecule has 2 aromatic rings. The summed E-state index contributed by atoms with van der Waals surface area (Å²) in [7, 11) is 1.71. The first-order chi connectivity index (χ1) is 17.6. The predicted molar refractivity (Wildman–Crippen MR) is 143 cm³/mol. The summed E-state index contributed by atoms with van der Waals surface area (Å²) in [5, 5.41) is 4.02. The Morgan fingerprint density at radius 1 is 1.08 bits per heavy atom. The van der Waals surface area contributed by atoms with Gasteiger partial charge in [-0.15, -0.1) is 0 Å². The summed E-state index contributed by atoms with van der Waals surface area (Å²) < 4.78 is 11.0. The van der Waals surface area contributed by atoms with E-state index in [0.29, 0.717) is 6.54 Å². The number of carbonyl (C=O) groups excluding carboxylic acids is 1. The highest BCUT2D eigenvalue weighted by atomic mass is 35.5. The van der Waals surface area contributed by atoms with Crippen LogP contribution in [0.4, 0.5) is 5.69 Å². The van der Waals surface area contributed by atoms with Gasteiger partial charge in [-0.05, 0) is 48.7 Å². The van der Waals surface area contributed by atoms with E-state index in [2.05, 4.69) is 44.3 Å². The highest BCUT2D eigenvalue weighted by molar-refractivity contribution is 6.30. The average molecular weight is 513 g/mol. The fraction of sp³-hybridized carbons (Fsp3) is 0.536. The molecule has 2 saturated heterocycles. The molecule has 3 heterocycles. The van der Waals surface area contributed by atoms with Gasteiger partial charge >= 0.3 is 0 Å². The third kappa shape index (κ3) is 5.97. The van der Waals surface area contributed by atoms with Crippen molar-refractivity contribution in [2.75, 3.05) is 71.0 Å². The fourth-order valence-corrected chi connectivity index (χ4v) is 5.85. The van der Waals surface area contributed by atoms with Crippen molar-refractivity contribution in [3.8, 4) is 5.75 Å². The lowest BCUT2D eigenvalue weighted by Gasteiger charge is -2.49. The minimum Gasteiger partial charge on any atom is -0.497 e. The summed E-state index contributed by atoms with van der Waals surface area (Å²) in [6, 6.07) is 14.5. The Hall–Kier alpha value is -2.32. The minimum atomic E-state index is -0.0812. The number of amides is 1. The van der Waals surface area contributed by atoms with Gasteiger partial charge < -0.3 is 19.7 Å². The van der Waals surface area contributed by atoms with Crippen LogP contribution in [0.1, 0.15) is 17.5 Å². The van der Waals surface area contributed by atoms with Crippen molar-refractivity contribution in [1.82, 2.24) is 15.1 Å². The Morgan fingerprint density at radius 3 is 2.67 bits per heavy atom. The molecule has 2 atom stereocenters. The van der Waals surface area contributed by atoms with E-state index in [1.807, 2.05) is 18.2 Å². The number of piperazine rings is 1. The van der Waals surface area contributed by atoms with Gasteiger partial charge in [0.25, 0.3) is 0 Å². The molecule has 194 valence electrons. The molecule has 0 saturated carbocycles. The maximum atomic E-state index is 13.5. The van der Waals surface area contributed by atoms with Gasteiger partial charge in [0.05, 0.1) is 32.3 Å². The van der Waals surface area contributed by atoms with Gasteiger partial charge in [-0.1, -0.05) is 29.8 Å². The summed E-state index contributed by atoms with van der Waals surface area (Å²) in [5.74, 6) is 0.950. The first-order valence-electron chi connectivity index (χ1n) is 13.1. The molecule has 3 aliphatic heterocycles. The number of carbonyl (C=O) groups is 1. The molecule has 0 spiro atoms. The molecular weight excluding hydrogens is 476 g/mol. The summed E-state index contributed by atoms with van der Waals surface area (Å²) in [6.07, 6.45) is 1.72. The SMILES string of the molecule is COc1ccc2c(c1)N1CCN(Cc3ccc(Cl)cc3)C[C@@H]1[C@H](C(=O)NCCCN1CCOCC1)C2. The zero-order chi connectivity index (χ0) is 24.9. The second kappa shape index (κ2) is 11.8. The number of anilines is 1. The van der Waals surface area contributed by atoms with Crippen LogP contribution in [0.15, 0.2) is 42.5 Å². The molecule has 0 unspecified atom stereocenters. The summed E-state index contributed by atoms with van der Waals surface area (Å²) >= 11 is 6.09. The number of methoxy groups -OCH3 is 1. The molecule has 7 nitrogen and oxygen atoms in total. The van der Waals surface area contributed by atoms with Crippen molar-refractivity contribution in [3.63, 3.8) is 0 Å². The van der Waals surface area contributed by atoms with Crippen LogP contribution in [0.3, 0.4) is 0 Å². The topological polar surface area (TPSA) is 57.3 Å². The predicted octanol–water partition coefficient (Wildman–Crippen LogP) is 3.05. The molecule has 0 aliphatic carbocycles. The molecule has 0 bridgehead atoms. The molecule has 0 aromatic heterocycles. The number of ether oxygens (including phenoxy) is 2. The fourth-order valence-electron chi connectivity index (χ4n) is 5.73. The molecule has 2 fully saturated rings. The normalized spacial score (nSPS) is 22.6. The van der Waals surface area contributed by atoms with E-state index in [4.69, 9.17) is 21.1 Å². The molecule has 3 aliphatic rings. The second-order valence-corrected chi connectivity index (χ2v) is 10.5. The van der Waals surface area contributed by atoms with E-state index in [-0.39, 0.29) is 17.9 Å². The highest BCUT2D eigenvalue weighted by Gasteiger charge is 2.41. The summed E-state index contributed by atoms with van der Waals surface area (Å²) in [5.41, 5.74) is 3.68. The van der Waals surface area contributed by atoms with Gasteiger partial charge in [0.1, 0.15) is 5.75 Å². The van der Waals surface area contributed by atoms with Crippen molar-refractivity contribution in [2.45, 2.75) is 25.4 Å². The van der Waals surface area contributed by atoms with Crippen LogP contribution in [0, 0.1) is 5.92 Å². The Morgan fingerprint density at radius 2 is 1.89 bits per heavy atom. The zero-order valence-electron chi connectivity index (χ0n) is 21.1. The second-order valence-electron chi connectivity index (χ2n) is 10.0. The van der Waals surface area contributed by atoms with Crippen LogP contribution in [-0.2, 0) is 22.5 Å². The molecule has 1 N–H and O–H groups in total. The number of morpholine rings is 1. The van der Waals surface area contributed by atoms with E-state index < -0.39 is 0 Å². The molecule has 2 aromatic carbocycles. The lowest BCUT2D eigenvalue weighted by Crippen LogP contribution is -2.61. The van der Waals surface area contributed by atoms with Gasteiger partial charge in [0.2, 0.25) is 5.91 Å². The van der Waals surface area contributed by atoms with Gasteiger partial charge in [0, 0.05) is 62.6 Å². The van der Waals surface area contributed by atoms with Gasteiger partial charge in [-0.25, -0.2) is 0 Å². The van der Waals surface area contributed by atoms with Gasteiger partial charge in [-0.2, -0.15) is 0 Å². The van der Waals surface area contributed by atoms with Gasteiger partial charge in [0.15, 0.2) is 0 Å². The summed E-state index contributed by atoms with van der Waals surface area (Å²) in [6.45, 7) is 8.85. The first kappa shape index (κ1) is 25.3. The van der Waals surface area contributed by atoms with Crippen molar-refractivity contribution < 1.29 is 14.3 Å². The largest absolute Gasteiger partial charge is 0.497 e. The Labute approximate surface area is 219 Å². The van der Waals surface area contributed by atoms with Crippen LogP contribution in [-0.4, -0.2) is 87.9 Å². The number of hydrogen-bond donors (Lipinski definition) is 1. The number of rotatable bonds is 8. The average Bonchev–Trinajstić information content (AvgIpc) is 2.92. The number of fused-ring (bicyclic) bond motifs is 3. The van der Waals surface area contributed by atoms with Crippen LogP contribution in [0.25, 0.3) is 0 Å². The molecule has 0 radical (unpaired) electrons. The van der Waals surface area contributed by atoms with E-state index in [1.54, 1.807) is 7.11 Å². The van der Waals surface area contributed by atoms with Crippen molar-refractivity contribution in [1.29, 1.82) is 0 Å². The zero-order valence-corrected chi connectivity index (χ0v) is 21.9. The number of nitrogens with zero attached hydrogens (tertiary/aromatic N) is 3. The quantitative estimate of drug-likeness (QED) is 0.549. The third-order valence-electron chi connectivity index (χ3n) is 7.72. The maximum absolute atomic E-state index is 13.5. The molecular formula is C28H37ClN4O3. The monoisotopic (exact) mass is 512 g/mol. The first-order valence-corrected chi connectivity index (χ1v) is 13.5. The van der Waals surface area contributed by atoms with Gasteiger partial charge in [-0.3, -0.25) is 14.6 Å². The van der Waals surface area contributed by atoms with E-state index >= 15 is 0 Å². The maximum Gasteiger partial charge on any atom is 0.225 e. The molecule has 5 rings (SSSR count). The standard InChI is InChI=1S/C28H37ClN4O3/c1-35-24-8-5-22-17-25(28(34)30-9-2-10-31-13-15-36-16-14-31)27-20-32(11-12-33(27)26(22)18-24)19-21-3-6-23(29)7-4-21/h3-8,18,25,27H,2,9-17,19-20H2,1H3,(H,30,34)/t25-,27-/m1/s1. The van der Waals surface area contributed by atoms with Crippen LogP contribution >= 0.6 is 11.6 Å². The molecule has 8 heteroatoms. The molecule has 1 amide bonds. The minimum absolute atomic E-state index is 0.0812. The number of halogens is 1. The number of benzene rings is 2. The van der Waals surface area contributed by atoms with E-state index in [0.717, 1.165) is 82.6 Å². The van der Waals surface area contributed by atoms with Crippen molar-refractivity contribution in [3.05, 3.63) is 58.6 Å². The Balaban J connectivity index is 1.27. The Bertz CT molecular complexity index is 1030. The van der Waals surface area contributed by atoms with Crippen molar-refractivity contribution in [2.24, 2.45) is 5.92 Å². The Kier molecular flexibility index (Phi) is 8.32. The summed E-state index contributed by atoms with van der Waals surface area (Å²) in [4.78, 5) is 20.8.